The molecule has 0 aliphatic carbocycles. The molecule has 3 aromatic rings. The molecule has 0 atom stereocenters. The van der Waals surface area contributed by atoms with E-state index in [-0.39, 0.29) is 17.4 Å². The number of anilines is 2. The number of methoxy groups -OCH3 is 1. The molecule has 1 aliphatic heterocycles. The van der Waals surface area contributed by atoms with Gasteiger partial charge in [-0.25, -0.2) is 4.90 Å². The predicted octanol–water partition coefficient (Wildman–Crippen LogP) is 4.07. The van der Waals surface area contributed by atoms with Crippen molar-refractivity contribution in [2.24, 2.45) is 0 Å². The van der Waals surface area contributed by atoms with Crippen molar-refractivity contribution in [3.05, 3.63) is 89.5 Å². The smallest absolute Gasteiger partial charge is 0.266 e. The van der Waals surface area contributed by atoms with Gasteiger partial charge in [0, 0.05) is 12.1 Å². The number of aryl methyl sites for hydroxylation is 1. The first kappa shape index (κ1) is 19.4. The monoisotopic (exact) mass is 400 g/mol. The fourth-order valence-corrected chi connectivity index (χ4v) is 3.40. The summed E-state index contributed by atoms with van der Waals surface area (Å²) in [5.41, 5.74) is 2.66. The molecule has 3 amide bonds. The van der Waals surface area contributed by atoms with E-state index in [1.165, 1.54) is 0 Å². The van der Waals surface area contributed by atoms with E-state index in [1.807, 2.05) is 30.3 Å². The number of nitrogens with one attached hydrogen (secondary N) is 1. The van der Waals surface area contributed by atoms with E-state index in [1.54, 1.807) is 49.6 Å². The van der Waals surface area contributed by atoms with Crippen molar-refractivity contribution in [1.82, 2.24) is 0 Å². The van der Waals surface area contributed by atoms with Crippen LogP contribution in [0, 0.1) is 0 Å². The minimum absolute atomic E-state index is 0.164. The highest BCUT2D eigenvalue weighted by Gasteiger charge is 2.36. The molecule has 0 fully saturated rings. The van der Waals surface area contributed by atoms with E-state index >= 15 is 0 Å². The number of carbonyl (C=O) groups is 3. The topological polar surface area (TPSA) is 75.7 Å². The number of hydrogen-bond donors (Lipinski definition) is 1. The van der Waals surface area contributed by atoms with Gasteiger partial charge in [-0.2, -0.15) is 0 Å². The molecular weight excluding hydrogens is 380 g/mol. The summed E-state index contributed by atoms with van der Waals surface area (Å²) in [6.45, 7) is 0. The maximum absolute atomic E-state index is 12.8. The second-order valence-corrected chi connectivity index (χ2v) is 6.94. The molecule has 0 saturated heterocycles. The fraction of sp³-hybridized carbons (Fsp3) is 0.125. The van der Waals surface area contributed by atoms with Crippen LogP contribution in [0.3, 0.4) is 0 Å². The summed E-state index contributed by atoms with van der Waals surface area (Å²) >= 11 is 0. The molecule has 1 N–H and O–H groups in total. The Morgan fingerprint density at radius 3 is 2.30 bits per heavy atom. The van der Waals surface area contributed by atoms with Gasteiger partial charge in [0.25, 0.3) is 11.8 Å². The minimum Gasteiger partial charge on any atom is -0.497 e. The Balaban J connectivity index is 1.43. The van der Waals surface area contributed by atoms with E-state index in [2.05, 4.69) is 5.32 Å². The third-order valence-electron chi connectivity index (χ3n) is 4.98. The van der Waals surface area contributed by atoms with Gasteiger partial charge in [0.1, 0.15) is 5.75 Å². The Hall–Kier alpha value is -3.93. The molecular formula is C24H20N2O4. The fourth-order valence-electron chi connectivity index (χ4n) is 3.40. The Morgan fingerprint density at radius 1 is 0.900 bits per heavy atom. The van der Waals surface area contributed by atoms with Gasteiger partial charge < -0.3 is 10.1 Å². The summed E-state index contributed by atoms with van der Waals surface area (Å²) in [7, 11) is 1.61. The van der Waals surface area contributed by atoms with Crippen LogP contribution in [-0.4, -0.2) is 24.8 Å². The molecule has 1 aliphatic rings. The first-order chi connectivity index (χ1) is 14.6. The molecule has 0 saturated carbocycles. The van der Waals surface area contributed by atoms with Crippen LogP contribution in [0.2, 0.25) is 0 Å². The lowest BCUT2D eigenvalue weighted by molar-refractivity contribution is -0.116. The van der Waals surface area contributed by atoms with E-state index < -0.39 is 5.91 Å². The van der Waals surface area contributed by atoms with E-state index in [0.717, 1.165) is 16.2 Å². The average molecular weight is 400 g/mol. The minimum atomic E-state index is -0.393. The highest BCUT2D eigenvalue weighted by Crippen LogP contribution is 2.30. The number of fused-ring (bicyclic) bond motifs is 1. The number of carbonyl (C=O) groups excluding carboxylic acids is 3. The molecule has 0 radical (unpaired) electrons. The molecule has 0 aromatic heterocycles. The van der Waals surface area contributed by atoms with Crippen LogP contribution in [-0.2, 0) is 11.2 Å². The summed E-state index contributed by atoms with van der Waals surface area (Å²) in [5, 5.41) is 2.81. The van der Waals surface area contributed by atoms with Crippen LogP contribution in [0.4, 0.5) is 11.4 Å². The molecule has 1 heterocycles. The third-order valence-corrected chi connectivity index (χ3v) is 4.98. The lowest BCUT2D eigenvalue weighted by atomic mass is 10.1. The lowest BCUT2D eigenvalue weighted by Gasteiger charge is -2.13. The van der Waals surface area contributed by atoms with Crippen molar-refractivity contribution in [2.45, 2.75) is 12.8 Å². The van der Waals surface area contributed by atoms with Gasteiger partial charge in [-0.15, -0.1) is 0 Å². The second kappa shape index (κ2) is 8.21. The summed E-state index contributed by atoms with van der Waals surface area (Å²) < 4.78 is 5.13. The highest BCUT2D eigenvalue weighted by molar-refractivity contribution is 6.34. The van der Waals surface area contributed by atoms with Crippen molar-refractivity contribution in [2.75, 3.05) is 17.3 Å². The molecule has 150 valence electrons. The van der Waals surface area contributed by atoms with E-state index in [9.17, 15) is 14.4 Å². The highest BCUT2D eigenvalue weighted by atomic mass is 16.5. The number of imide groups is 1. The van der Waals surface area contributed by atoms with Gasteiger partial charge in [0.05, 0.1) is 23.9 Å². The molecule has 0 spiro atoms. The molecule has 6 nitrogen and oxygen atoms in total. The average Bonchev–Trinajstić information content (AvgIpc) is 3.03. The number of para-hydroxylation sites is 1. The summed E-state index contributed by atoms with van der Waals surface area (Å²) in [6.07, 6.45) is 0.881. The SMILES string of the molecule is COc1ccc(CCC(=O)Nc2ccc3c(c2)C(=O)N(c2ccccc2)C3=O)cc1. The Bertz CT molecular complexity index is 1110. The first-order valence-electron chi connectivity index (χ1n) is 9.57. The zero-order valence-corrected chi connectivity index (χ0v) is 16.4. The van der Waals surface area contributed by atoms with Crippen molar-refractivity contribution < 1.29 is 19.1 Å². The molecule has 0 unspecified atom stereocenters. The van der Waals surface area contributed by atoms with E-state index in [4.69, 9.17) is 4.74 Å². The standard InChI is InChI=1S/C24H20N2O4/c1-30-19-11-7-16(8-12-19)9-14-22(27)25-17-10-13-20-21(15-17)24(29)26(23(20)28)18-5-3-2-4-6-18/h2-8,10-13,15H,9,14H2,1H3,(H,25,27). The molecule has 30 heavy (non-hydrogen) atoms. The predicted molar refractivity (Wildman–Crippen MR) is 114 cm³/mol. The molecule has 3 aromatic carbocycles. The summed E-state index contributed by atoms with van der Waals surface area (Å²) in [4.78, 5) is 38.9. The van der Waals surface area contributed by atoms with Crippen LogP contribution < -0.4 is 15.0 Å². The van der Waals surface area contributed by atoms with Gasteiger partial charge in [-0.3, -0.25) is 14.4 Å². The maximum Gasteiger partial charge on any atom is 0.266 e. The van der Waals surface area contributed by atoms with E-state index in [0.29, 0.717) is 29.8 Å². The Kier molecular flexibility index (Phi) is 5.30. The summed E-state index contributed by atoms with van der Waals surface area (Å²) in [6, 6.07) is 21.1. The van der Waals surface area contributed by atoms with Gasteiger partial charge in [0.2, 0.25) is 5.91 Å². The van der Waals surface area contributed by atoms with Crippen LogP contribution in [0.15, 0.2) is 72.8 Å². The number of amides is 3. The van der Waals surface area contributed by atoms with Crippen molar-refractivity contribution in [3.63, 3.8) is 0 Å². The summed E-state index contributed by atoms with van der Waals surface area (Å²) in [5.74, 6) is -0.151. The molecule has 0 bridgehead atoms. The van der Waals surface area contributed by atoms with Crippen LogP contribution in [0.5, 0.6) is 5.75 Å². The van der Waals surface area contributed by atoms with Gasteiger partial charge in [-0.05, 0) is 54.4 Å². The zero-order valence-electron chi connectivity index (χ0n) is 16.4. The van der Waals surface area contributed by atoms with Crippen molar-refractivity contribution in [1.29, 1.82) is 0 Å². The third kappa shape index (κ3) is 3.80. The van der Waals surface area contributed by atoms with Gasteiger partial charge >= 0.3 is 0 Å². The number of nitrogens with zero attached hydrogens (tertiary/aromatic N) is 1. The van der Waals surface area contributed by atoms with Crippen molar-refractivity contribution >= 4 is 29.1 Å². The van der Waals surface area contributed by atoms with Crippen LogP contribution in [0.1, 0.15) is 32.7 Å². The van der Waals surface area contributed by atoms with Gasteiger partial charge in [0.15, 0.2) is 0 Å². The zero-order chi connectivity index (χ0) is 21.1. The normalized spacial score (nSPS) is 12.6. The Morgan fingerprint density at radius 2 is 1.60 bits per heavy atom. The largest absolute Gasteiger partial charge is 0.497 e. The first-order valence-corrected chi connectivity index (χ1v) is 9.57. The van der Waals surface area contributed by atoms with Crippen molar-refractivity contribution in [3.8, 4) is 5.75 Å². The Labute approximate surface area is 174 Å². The second-order valence-electron chi connectivity index (χ2n) is 6.94. The molecule has 4 rings (SSSR count). The maximum atomic E-state index is 12.8. The van der Waals surface area contributed by atoms with Gasteiger partial charge in [-0.1, -0.05) is 30.3 Å². The number of benzene rings is 3. The lowest BCUT2D eigenvalue weighted by Crippen LogP contribution is -2.29. The number of rotatable bonds is 6. The van der Waals surface area contributed by atoms with Crippen LogP contribution >= 0.6 is 0 Å². The van der Waals surface area contributed by atoms with Crippen LogP contribution in [0.25, 0.3) is 0 Å². The number of hydrogen-bond acceptors (Lipinski definition) is 4. The quantitative estimate of drug-likeness (QED) is 0.633. The molecule has 6 heteroatoms. The number of ether oxygens (including phenoxy) is 1.